The third kappa shape index (κ3) is 5.55. The predicted molar refractivity (Wildman–Crippen MR) is 116 cm³/mol. The zero-order valence-corrected chi connectivity index (χ0v) is 18.4. The van der Waals surface area contributed by atoms with E-state index < -0.39 is 18.0 Å². The molecule has 1 amide bonds. The van der Waals surface area contributed by atoms with Crippen molar-refractivity contribution in [1.29, 1.82) is 0 Å². The Kier molecular flexibility index (Phi) is 6.70. The number of aliphatic carboxylic acids is 1. The Morgan fingerprint density at radius 1 is 1.27 bits per heavy atom. The van der Waals surface area contributed by atoms with E-state index in [0.717, 1.165) is 25.0 Å². The lowest BCUT2D eigenvalue weighted by molar-refractivity contribution is -1.10. The summed E-state index contributed by atoms with van der Waals surface area (Å²) in [4.78, 5) is 45.4. The van der Waals surface area contributed by atoms with Gasteiger partial charge in [-0.15, -0.1) is 16.0 Å². The average molecular weight is 477 g/mol. The first-order chi connectivity index (χ1) is 15.8. The summed E-state index contributed by atoms with van der Waals surface area (Å²) in [5.74, 6) is -1.65. The Morgan fingerprint density at radius 3 is 2.79 bits per heavy atom. The van der Waals surface area contributed by atoms with E-state index in [0.29, 0.717) is 41.8 Å². The smallest absolute Gasteiger partial charge is 0.412 e. The van der Waals surface area contributed by atoms with Crippen LogP contribution in [0.5, 0.6) is 0 Å². The van der Waals surface area contributed by atoms with Crippen LogP contribution in [0.3, 0.4) is 0 Å². The summed E-state index contributed by atoms with van der Waals surface area (Å²) in [6, 6.07) is 6.03. The van der Waals surface area contributed by atoms with Gasteiger partial charge in [-0.2, -0.15) is 0 Å². The Labute approximate surface area is 193 Å². The minimum absolute atomic E-state index is 0.00706. The second-order valence-electron chi connectivity index (χ2n) is 8.13. The summed E-state index contributed by atoms with van der Waals surface area (Å²) in [6.45, 7) is 1.94. The Balaban J connectivity index is 1.33. The first kappa shape index (κ1) is 22.9. The number of thiazole rings is 1. The average Bonchev–Trinajstić information content (AvgIpc) is 3.25. The number of carboxylic acids is 1. The molecule has 0 aliphatic carbocycles. The van der Waals surface area contributed by atoms with Gasteiger partial charge in [0.05, 0.1) is 10.4 Å². The van der Waals surface area contributed by atoms with E-state index in [2.05, 4.69) is 10.3 Å². The fraction of sp³-hybridized carbons (Fsp3) is 0.364. The zero-order valence-electron chi connectivity index (χ0n) is 17.6. The summed E-state index contributed by atoms with van der Waals surface area (Å²) < 4.78 is 19.1. The van der Waals surface area contributed by atoms with Gasteiger partial charge in [-0.1, -0.05) is 12.1 Å². The molecule has 3 fully saturated rings. The lowest BCUT2D eigenvalue weighted by Gasteiger charge is -2.48. The van der Waals surface area contributed by atoms with Crippen molar-refractivity contribution in [3.63, 3.8) is 0 Å². The van der Waals surface area contributed by atoms with Crippen molar-refractivity contribution in [3.8, 4) is 10.4 Å². The fourth-order valence-electron chi connectivity index (χ4n) is 4.45. The summed E-state index contributed by atoms with van der Waals surface area (Å²) in [6.07, 6.45) is 2.63. The number of hydroxylamine groups is 3. The van der Waals surface area contributed by atoms with E-state index >= 15 is 0 Å². The van der Waals surface area contributed by atoms with Gasteiger partial charge in [0, 0.05) is 30.9 Å². The number of rotatable bonds is 7. The molecule has 0 saturated carbocycles. The number of quaternary nitrogens is 1. The van der Waals surface area contributed by atoms with Crippen molar-refractivity contribution in [2.75, 3.05) is 31.6 Å². The zero-order chi connectivity index (χ0) is 23.4. The molecule has 2 aromatic rings. The number of benzene rings is 1. The molecule has 2 bridgehead atoms. The molecular formula is C22H23FN3O6S+. The second-order valence-corrected chi connectivity index (χ2v) is 8.99. The molecule has 4 heterocycles. The molecule has 0 radical (unpaired) electrons. The van der Waals surface area contributed by atoms with Gasteiger partial charge in [0.2, 0.25) is 0 Å². The highest BCUT2D eigenvalue weighted by molar-refractivity contribution is 7.13. The van der Waals surface area contributed by atoms with E-state index in [4.69, 9.17) is 14.7 Å². The maximum absolute atomic E-state index is 13.6. The number of carbonyl (C=O) groups is 3. The first-order valence-electron chi connectivity index (χ1n) is 10.5. The van der Waals surface area contributed by atoms with Crippen LogP contribution in [0.25, 0.3) is 10.4 Å². The van der Waals surface area contributed by atoms with Crippen LogP contribution < -0.4 is 5.32 Å². The molecule has 11 heteroatoms. The van der Waals surface area contributed by atoms with Gasteiger partial charge in [-0.25, -0.2) is 23.8 Å². The molecule has 1 aromatic carbocycles. The lowest BCUT2D eigenvalue weighted by atomic mass is 9.79. The van der Waals surface area contributed by atoms with Crippen molar-refractivity contribution in [1.82, 2.24) is 4.98 Å². The maximum Gasteiger partial charge on any atom is 0.412 e. The van der Waals surface area contributed by atoms with Gasteiger partial charge in [-0.05, 0) is 23.6 Å². The standard InChI is InChI=1S/C22H22FN3O6S/c23-17-3-1-2-15(10-17)20-21(24-13-33-20)25-22(30)31-12-16-11-26(8-6-14(16)7-9-26)32-19(29)5-4-18(27)28/h1-5,10,13-14,16H,6-9,11-12H2,(H-,25,27,28,30)/p+1/b5-4+. The Morgan fingerprint density at radius 2 is 2.06 bits per heavy atom. The number of carboxylic acid groups (broad SMARTS) is 1. The monoisotopic (exact) mass is 476 g/mol. The van der Waals surface area contributed by atoms with Crippen LogP contribution in [0.1, 0.15) is 12.8 Å². The minimum atomic E-state index is -1.22. The quantitative estimate of drug-likeness (QED) is 0.465. The fourth-order valence-corrected chi connectivity index (χ4v) is 5.19. The van der Waals surface area contributed by atoms with Crippen LogP contribution in [-0.2, 0) is 19.2 Å². The first-order valence-corrected chi connectivity index (χ1v) is 11.4. The molecule has 3 saturated heterocycles. The van der Waals surface area contributed by atoms with E-state index in [-0.39, 0.29) is 23.0 Å². The largest absolute Gasteiger partial charge is 0.478 e. The normalized spacial score (nSPS) is 23.9. The third-order valence-electron chi connectivity index (χ3n) is 6.00. The van der Waals surface area contributed by atoms with Crippen LogP contribution in [0.4, 0.5) is 15.0 Å². The highest BCUT2D eigenvalue weighted by atomic mass is 32.1. The number of nitrogens with zero attached hydrogens (tertiary/aromatic N) is 2. The topological polar surface area (TPSA) is 115 Å². The second kappa shape index (κ2) is 9.67. The van der Waals surface area contributed by atoms with Crippen molar-refractivity contribution in [3.05, 3.63) is 47.7 Å². The molecule has 3 aliphatic heterocycles. The number of anilines is 1. The number of fused-ring (bicyclic) bond motifs is 3. The van der Waals surface area contributed by atoms with E-state index in [1.54, 1.807) is 17.6 Å². The number of carbonyl (C=O) groups excluding carboxylic acids is 2. The van der Waals surface area contributed by atoms with E-state index in [1.165, 1.54) is 23.5 Å². The van der Waals surface area contributed by atoms with Gasteiger partial charge in [0.1, 0.15) is 32.1 Å². The molecule has 0 spiro atoms. The lowest BCUT2D eigenvalue weighted by Crippen LogP contribution is -2.62. The molecule has 33 heavy (non-hydrogen) atoms. The number of hydrogen-bond donors (Lipinski definition) is 2. The number of piperidine rings is 3. The van der Waals surface area contributed by atoms with E-state index in [9.17, 15) is 18.8 Å². The maximum atomic E-state index is 13.6. The summed E-state index contributed by atoms with van der Waals surface area (Å²) in [5, 5.41) is 11.3. The molecule has 3 aliphatic rings. The van der Waals surface area contributed by atoms with Crippen molar-refractivity contribution in [2.45, 2.75) is 12.8 Å². The highest BCUT2D eigenvalue weighted by Crippen LogP contribution is 2.38. The summed E-state index contributed by atoms with van der Waals surface area (Å²) >= 11 is 1.28. The van der Waals surface area contributed by atoms with E-state index in [1.807, 2.05) is 0 Å². The van der Waals surface area contributed by atoms with Crippen LogP contribution >= 0.6 is 11.3 Å². The molecule has 174 valence electrons. The molecule has 1 aromatic heterocycles. The summed E-state index contributed by atoms with van der Waals surface area (Å²) in [7, 11) is 0. The van der Waals surface area contributed by atoms with Gasteiger partial charge in [0.25, 0.3) is 0 Å². The predicted octanol–water partition coefficient (Wildman–Crippen LogP) is 3.45. The van der Waals surface area contributed by atoms with Gasteiger partial charge < -0.3 is 9.84 Å². The van der Waals surface area contributed by atoms with Gasteiger partial charge in [0.15, 0.2) is 5.82 Å². The van der Waals surface area contributed by atoms with Gasteiger partial charge in [-0.3, -0.25) is 10.2 Å². The minimum Gasteiger partial charge on any atom is -0.478 e. The molecule has 5 rings (SSSR count). The highest BCUT2D eigenvalue weighted by Gasteiger charge is 2.49. The number of halogens is 1. The molecule has 1 atom stereocenters. The Bertz CT molecular complexity index is 1080. The van der Waals surface area contributed by atoms with Crippen molar-refractivity contribution >= 4 is 35.2 Å². The van der Waals surface area contributed by atoms with Crippen molar-refractivity contribution < 1.29 is 38.1 Å². The van der Waals surface area contributed by atoms with Crippen LogP contribution in [0.15, 0.2) is 41.9 Å². The number of hydrogen-bond acceptors (Lipinski definition) is 7. The number of nitrogens with one attached hydrogen (secondary N) is 1. The Hall–Kier alpha value is -3.31. The number of aromatic nitrogens is 1. The van der Waals surface area contributed by atoms with Crippen LogP contribution in [0.2, 0.25) is 0 Å². The van der Waals surface area contributed by atoms with Crippen LogP contribution in [-0.4, -0.2) is 59.0 Å². The molecule has 9 nitrogen and oxygen atoms in total. The van der Waals surface area contributed by atoms with Crippen LogP contribution in [0, 0.1) is 17.7 Å². The SMILES string of the molecule is O=C(O)/C=C/C(=O)O[N+]12CCC(CC1)C(COC(=O)Nc1ncsc1-c1cccc(F)c1)C2. The molecule has 2 N–H and O–H groups in total. The number of ether oxygens (including phenoxy) is 1. The third-order valence-corrected chi connectivity index (χ3v) is 6.87. The summed E-state index contributed by atoms with van der Waals surface area (Å²) in [5.41, 5.74) is 2.17. The molecule has 1 unspecified atom stereocenters. The molecular weight excluding hydrogens is 453 g/mol. The van der Waals surface area contributed by atoms with Gasteiger partial charge >= 0.3 is 18.0 Å². The van der Waals surface area contributed by atoms with Crippen molar-refractivity contribution in [2.24, 2.45) is 11.8 Å². The number of amides is 1.